The van der Waals surface area contributed by atoms with Crippen LogP contribution in [0.15, 0.2) is 23.8 Å². The van der Waals surface area contributed by atoms with Crippen LogP contribution in [0.2, 0.25) is 0 Å². The molecule has 172 valence electrons. The minimum absolute atomic E-state index is 0.121. The van der Waals surface area contributed by atoms with E-state index >= 15 is 4.39 Å². The molecule has 7 nitrogen and oxygen atoms in total. The van der Waals surface area contributed by atoms with Crippen LogP contribution in [0.4, 0.5) is 4.39 Å². The van der Waals surface area contributed by atoms with Crippen molar-refractivity contribution in [2.45, 2.75) is 70.2 Å². The summed E-state index contributed by atoms with van der Waals surface area (Å²) in [6, 6.07) is 1.74. The lowest BCUT2D eigenvalue weighted by atomic mass is 9.45. The molecule has 32 heavy (non-hydrogen) atoms. The average molecular weight is 445 g/mol. The van der Waals surface area contributed by atoms with Crippen molar-refractivity contribution >= 4 is 17.7 Å². The van der Waals surface area contributed by atoms with Crippen molar-refractivity contribution in [1.29, 1.82) is 5.26 Å². The number of ether oxygens (including phenoxy) is 2. The van der Waals surface area contributed by atoms with Crippen molar-refractivity contribution < 1.29 is 33.4 Å². The van der Waals surface area contributed by atoms with Gasteiger partial charge in [0.1, 0.15) is 6.07 Å². The number of hydrogen-bond donors (Lipinski definition) is 1. The number of alkyl halides is 1. The van der Waals surface area contributed by atoms with E-state index < -0.39 is 52.7 Å². The largest absolute Gasteiger partial charge is 0.447 e. The summed E-state index contributed by atoms with van der Waals surface area (Å²) >= 11 is 0. The van der Waals surface area contributed by atoms with E-state index in [-0.39, 0.29) is 24.5 Å². The molecular weight excluding hydrogens is 417 g/mol. The Kier molecular flexibility index (Phi) is 5.13. The van der Waals surface area contributed by atoms with Crippen molar-refractivity contribution in [3.8, 4) is 6.07 Å². The van der Waals surface area contributed by atoms with E-state index in [4.69, 9.17) is 14.7 Å². The first-order valence-electron chi connectivity index (χ1n) is 11.0. The Labute approximate surface area is 186 Å². The lowest BCUT2D eigenvalue weighted by molar-refractivity contribution is -0.232. The van der Waals surface area contributed by atoms with E-state index in [2.05, 4.69) is 0 Å². The van der Waals surface area contributed by atoms with Gasteiger partial charge in [0.2, 0.25) is 5.60 Å². The molecule has 3 saturated carbocycles. The molecule has 3 fully saturated rings. The second kappa shape index (κ2) is 7.24. The van der Waals surface area contributed by atoms with E-state index in [0.717, 1.165) is 0 Å². The summed E-state index contributed by atoms with van der Waals surface area (Å²) in [6.07, 6.45) is 4.25. The third kappa shape index (κ3) is 2.70. The van der Waals surface area contributed by atoms with Crippen LogP contribution in [0, 0.1) is 34.0 Å². The molecule has 4 aliphatic rings. The number of esters is 2. The van der Waals surface area contributed by atoms with Crippen LogP contribution >= 0.6 is 0 Å². The first-order chi connectivity index (χ1) is 15.0. The summed E-state index contributed by atoms with van der Waals surface area (Å²) in [5.41, 5.74) is -5.28. The summed E-state index contributed by atoms with van der Waals surface area (Å²) in [7, 11) is 0. The van der Waals surface area contributed by atoms with Gasteiger partial charge in [-0.05, 0) is 57.1 Å². The highest BCUT2D eigenvalue weighted by molar-refractivity contribution is 6.01. The van der Waals surface area contributed by atoms with Gasteiger partial charge in [0, 0.05) is 23.7 Å². The van der Waals surface area contributed by atoms with Crippen LogP contribution in [0.25, 0.3) is 0 Å². The van der Waals surface area contributed by atoms with Gasteiger partial charge in [-0.15, -0.1) is 0 Å². The molecule has 0 unspecified atom stereocenters. The quantitative estimate of drug-likeness (QED) is 0.665. The molecule has 0 saturated heterocycles. The van der Waals surface area contributed by atoms with E-state index in [0.29, 0.717) is 24.8 Å². The van der Waals surface area contributed by atoms with Gasteiger partial charge in [-0.25, -0.2) is 9.18 Å². The fraction of sp³-hybridized carbons (Fsp3) is 0.667. The number of nitrogens with zero attached hydrogens (tertiary/aromatic N) is 1. The smallest absolute Gasteiger partial charge is 0.352 e. The van der Waals surface area contributed by atoms with Crippen LogP contribution in [0.1, 0.15) is 52.9 Å². The Hall–Kier alpha value is -2.53. The molecule has 4 aliphatic carbocycles. The van der Waals surface area contributed by atoms with Crippen molar-refractivity contribution in [3.05, 3.63) is 23.8 Å². The molecule has 0 bridgehead atoms. The fourth-order valence-corrected chi connectivity index (χ4v) is 7.20. The lowest BCUT2D eigenvalue weighted by Gasteiger charge is -2.62. The number of aliphatic hydroxyl groups is 1. The van der Waals surface area contributed by atoms with Crippen LogP contribution in [0.5, 0.6) is 0 Å². The summed E-state index contributed by atoms with van der Waals surface area (Å²) in [5.74, 6) is -2.68. The Balaban J connectivity index is 1.79. The summed E-state index contributed by atoms with van der Waals surface area (Å²) in [4.78, 5) is 37.0. The SMILES string of the molecule is CC(=O)O[C@]1(C(=O)OCC#N)CC[C@H]2[C@@H]3CCC4=CC(=O)C=C[C@]4(C)[C@@]3(F)[C@@H](O)C[C@@]21C. The van der Waals surface area contributed by atoms with Gasteiger partial charge < -0.3 is 14.6 Å². The highest BCUT2D eigenvalue weighted by Crippen LogP contribution is 2.70. The van der Waals surface area contributed by atoms with Gasteiger partial charge in [0.15, 0.2) is 18.1 Å². The second-order valence-electron chi connectivity index (χ2n) is 9.96. The van der Waals surface area contributed by atoms with Crippen molar-refractivity contribution in [2.75, 3.05) is 6.61 Å². The van der Waals surface area contributed by atoms with Crippen LogP contribution in [-0.4, -0.2) is 46.8 Å². The highest BCUT2D eigenvalue weighted by atomic mass is 19.1. The number of fused-ring (bicyclic) bond motifs is 5. The average Bonchev–Trinajstić information content (AvgIpc) is 3.00. The van der Waals surface area contributed by atoms with E-state index in [1.807, 2.05) is 0 Å². The third-order valence-corrected chi connectivity index (χ3v) is 8.68. The van der Waals surface area contributed by atoms with Crippen molar-refractivity contribution in [1.82, 2.24) is 0 Å². The predicted molar refractivity (Wildman–Crippen MR) is 109 cm³/mol. The molecule has 0 aromatic rings. The number of ketones is 1. The zero-order valence-corrected chi connectivity index (χ0v) is 18.5. The number of aliphatic hydroxyl groups excluding tert-OH is 1. The van der Waals surface area contributed by atoms with Gasteiger partial charge in [0.25, 0.3) is 0 Å². The monoisotopic (exact) mass is 445 g/mol. The number of nitriles is 1. The Morgan fingerprint density at radius 1 is 1.31 bits per heavy atom. The number of halogens is 1. The minimum atomic E-state index is -2.04. The lowest BCUT2D eigenvalue weighted by Crippen LogP contribution is -2.69. The Morgan fingerprint density at radius 2 is 2.03 bits per heavy atom. The molecule has 0 aromatic heterocycles. The standard InChI is InChI=1S/C24H28FNO6/c1-14(27)32-23(20(30)31-11-10-26)9-7-17-18-5-4-15-12-16(28)6-8-21(15,2)24(18,25)19(29)13-22(17,23)3/h6,8,12,17-19,29H,4-5,7,9,11,13H2,1-3H3/t17-,18-,19-,21-,22-,23-,24-/m0/s1. The molecule has 0 amide bonds. The normalized spacial score (nSPS) is 44.4. The van der Waals surface area contributed by atoms with Crippen LogP contribution < -0.4 is 0 Å². The fourth-order valence-electron chi connectivity index (χ4n) is 7.20. The zero-order valence-electron chi connectivity index (χ0n) is 18.5. The molecule has 8 heteroatoms. The third-order valence-electron chi connectivity index (χ3n) is 8.68. The molecule has 0 heterocycles. The van der Waals surface area contributed by atoms with Gasteiger partial charge in [0.05, 0.1) is 6.10 Å². The molecule has 7 atom stereocenters. The summed E-state index contributed by atoms with van der Waals surface area (Å²) in [6.45, 7) is 4.16. The highest BCUT2D eigenvalue weighted by Gasteiger charge is 2.76. The molecule has 0 aromatic carbocycles. The maximum Gasteiger partial charge on any atom is 0.352 e. The van der Waals surface area contributed by atoms with Crippen molar-refractivity contribution in [2.24, 2.45) is 22.7 Å². The molecule has 1 N–H and O–H groups in total. The van der Waals surface area contributed by atoms with E-state index in [9.17, 15) is 19.5 Å². The number of carbonyl (C=O) groups excluding carboxylic acids is 3. The van der Waals surface area contributed by atoms with Gasteiger partial charge in [-0.2, -0.15) is 5.26 Å². The van der Waals surface area contributed by atoms with Gasteiger partial charge in [-0.3, -0.25) is 9.59 Å². The first-order valence-corrected chi connectivity index (χ1v) is 11.0. The van der Waals surface area contributed by atoms with Gasteiger partial charge >= 0.3 is 11.9 Å². The molecule has 4 rings (SSSR count). The maximum atomic E-state index is 17.1. The number of allylic oxidation sites excluding steroid dienone is 4. The van der Waals surface area contributed by atoms with Crippen LogP contribution in [-0.2, 0) is 23.9 Å². The van der Waals surface area contributed by atoms with Crippen LogP contribution in [0.3, 0.4) is 0 Å². The number of carbonyl (C=O) groups is 3. The zero-order chi connectivity index (χ0) is 23.5. The summed E-state index contributed by atoms with van der Waals surface area (Å²) in [5, 5.41) is 20.2. The Bertz CT molecular complexity index is 983. The maximum absolute atomic E-state index is 17.1. The second-order valence-corrected chi connectivity index (χ2v) is 9.96. The first kappa shape index (κ1) is 22.7. The number of rotatable bonds is 3. The predicted octanol–water partition coefficient (Wildman–Crippen LogP) is 2.73. The van der Waals surface area contributed by atoms with E-state index in [1.165, 1.54) is 19.1 Å². The van der Waals surface area contributed by atoms with Crippen molar-refractivity contribution in [3.63, 3.8) is 0 Å². The molecule has 0 spiro atoms. The molecular formula is C24H28FNO6. The van der Waals surface area contributed by atoms with Gasteiger partial charge in [-0.1, -0.05) is 18.6 Å². The van der Waals surface area contributed by atoms with E-state index in [1.54, 1.807) is 26.0 Å². The summed E-state index contributed by atoms with van der Waals surface area (Å²) < 4.78 is 27.8. The minimum Gasteiger partial charge on any atom is -0.447 e. The Morgan fingerprint density at radius 3 is 2.69 bits per heavy atom. The number of hydrogen-bond acceptors (Lipinski definition) is 7. The molecule has 0 radical (unpaired) electrons. The topological polar surface area (TPSA) is 114 Å². The molecule has 0 aliphatic heterocycles.